The largest absolute Gasteiger partial charge is 0.497 e. The Hall–Kier alpha value is -1.75. The van der Waals surface area contributed by atoms with Crippen molar-refractivity contribution in [1.29, 1.82) is 0 Å². The predicted molar refractivity (Wildman–Crippen MR) is 78.6 cm³/mol. The highest BCUT2D eigenvalue weighted by atomic mass is 32.1. The molecular weight excluding hydrogens is 260 g/mol. The second-order valence-corrected chi connectivity index (χ2v) is 5.04. The number of hydrogen-bond donors (Lipinski definition) is 1. The van der Waals surface area contributed by atoms with Gasteiger partial charge in [0.05, 0.1) is 31.1 Å². The molecule has 0 amide bonds. The normalized spacial score (nSPS) is 10.3. The van der Waals surface area contributed by atoms with Crippen LogP contribution < -0.4 is 14.8 Å². The molecule has 0 saturated carbocycles. The van der Waals surface area contributed by atoms with Crippen molar-refractivity contribution in [2.24, 2.45) is 0 Å². The van der Waals surface area contributed by atoms with E-state index in [1.807, 2.05) is 30.6 Å². The first-order valence-corrected chi connectivity index (χ1v) is 6.97. The molecule has 0 spiro atoms. The van der Waals surface area contributed by atoms with Crippen LogP contribution in [0.3, 0.4) is 0 Å². The summed E-state index contributed by atoms with van der Waals surface area (Å²) < 4.78 is 10.6. The average Bonchev–Trinajstić information content (AvgIpc) is 2.84. The number of aromatic nitrogens is 1. The van der Waals surface area contributed by atoms with Crippen molar-refractivity contribution >= 4 is 17.0 Å². The van der Waals surface area contributed by atoms with E-state index in [0.717, 1.165) is 35.8 Å². The molecule has 2 rings (SSSR count). The Kier molecular flexibility index (Phi) is 4.63. The van der Waals surface area contributed by atoms with Crippen LogP contribution in [0, 0.1) is 6.92 Å². The lowest BCUT2D eigenvalue weighted by Crippen LogP contribution is -2.06. The molecule has 0 aliphatic carbocycles. The van der Waals surface area contributed by atoms with Crippen molar-refractivity contribution < 1.29 is 9.47 Å². The van der Waals surface area contributed by atoms with Gasteiger partial charge in [-0.25, -0.2) is 4.98 Å². The molecule has 102 valence electrons. The third-order valence-corrected chi connectivity index (χ3v) is 3.91. The molecule has 0 unspecified atom stereocenters. The molecule has 0 aliphatic heterocycles. The van der Waals surface area contributed by atoms with E-state index in [0.29, 0.717) is 0 Å². The maximum Gasteiger partial charge on any atom is 0.142 e. The van der Waals surface area contributed by atoms with E-state index in [1.54, 1.807) is 25.6 Å². The summed E-state index contributed by atoms with van der Waals surface area (Å²) in [6.45, 7) is 2.88. The smallest absolute Gasteiger partial charge is 0.142 e. The van der Waals surface area contributed by atoms with Crippen LogP contribution in [0.5, 0.6) is 11.5 Å². The van der Waals surface area contributed by atoms with E-state index in [9.17, 15) is 0 Å². The molecule has 1 aromatic carbocycles. The van der Waals surface area contributed by atoms with Gasteiger partial charge >= 0.3 is 0 Å². The second kappa shape index (κ2) is 6.43. The molecule has 4 nitrogen and oxygen atoms in total. The zero-order valence-electron chi connectivity index (χ0n) is 11.4. The van der Waals surface area contributed by atoms with Crippen molar-refractivity contribution in [2.75, 3.05) is 26.1 Å². The van der Waals surface area contributed by atoms with Gasteiger partial charge in [0.1, 0.15) is 11.5 Å². The van der Waals surface area contributed by atoms with Crippen molar-refractivity contribution in [3.05, 3.63) is 34.3 Å². The van der Waals surface area contributed by atoms with E-state index in [-0.39, 0.29) is 0 Å². The third-order valence-electron chi connectivity index (χ3n) is 2.92. The van der Waals surface area contributed by atoms with E-state index < -0.39 is 0 Å². The first kappa shape index (κ1) is 13.7. The molecular formula is C14H18N2O2S. The van der Waals surface area contributed by atoms with Crippen LogP contribution in [0.1, 0.15) is 10.6 Å². The summed E-state index contributed by atoms with van der Waals surface area (Å²) in [5.41, 5.74) is 3.95. The fourth-order valence-electron chi connectivity index (χ4n) is 1.83. The van der Waals surface area contributed by atoms with Crippen molar-refractivity contribution in [3.8, 4) is 11.5 Å². The average molecular weight is 278 g/mol. The molecule has 0 saturated heterocycles. The molecule has 5 heteroatoms. The summed E-state index contributed by atoms with van der Waals surface area (Å²) in [5.74, 6) is 1.64. The first-order valence-electron chi connectivity index (χ1n) is 6.09. The molecule has 1 N–H and O–H groups in total. The number of hydrogen-bond acceptors (Lipinski definition) is 5. The topological polar surface area (TPSA) is 43.4 Å². The number of rotatable bonds is 6. The summed E-state index contributed by atoms with van der Waals surface area (Å²) in [7, 11) is 3.33. The molecule has 0 bridgehead atoms. The quantitative estimate of drug-likeness (QED) is 0.881. The summed E-state index contributed by atoms with van der Waals surface area (Å²) in [5, 5.41) is 3.38. The zero-order chi connectivity index (χ0) is 13.7. The van der Waals surface area contributed by atoms with Crippen LogP contribution in [0.25, 0.3) is 0 Å². The third kappa shape index (κ3) is 3.38. The van der Waals surface area contributed by atoms with Gasteiger partial charge in [-0.1, -0.05) is 0 Å². The van der Waals surface area contributed by atoms with Gasteiger partial charge in [-0.15, -0.1) is 11.3 Å². The van der Waals surface area contributed by atoms with Gasteiger partial charge in [-0.2, -0.15) is 0 Å². The fourth-order valence-corrected chi connectivity index (χ4v) is 2.61. The number of thiazole rings is 1. The highest BCUT2D eigenvalue weighted by Crippen LogP contribution is 2.28. The van der Waals surface area contributed by atoms with Crippen LogP contribution >= 0.6 is 11.3 Å². The Morgan fingerprint density at radius 3 is 2.74 bits per heavy atom. The van der Waals surface area contributed by atoms with Crippen LogP contribution in [-0.4, -0.2) is 25.7 Å². The van der Waals surface area contributed by atoms with Crippen LogP contribution in [0.15, 0.2) is 23.7 Å². The summed E-state index contributed by atoms with van der Waals surface area (Å²) in [6.07, 6.45) is 0.955. The number of anilines is 1. The van der Waals surface area contributed by atoms with Gasteiger partial charge < -0.3 is 14.8 Å². The first-order chi connectivity index (χ1) is 9.24. The number of ether oxygens (including phenoxy) is 2. The number of methoxy groups -OCH3 is 2. The lowest BCUT2D eigenvalue weighted by molar-refractivity contribution is 0.404. The van der Waals surface area contributed by atoms with Crippen LogP contribution in [-0.2, 0) is 6.42 Å². The molecule has 0 radical (unpaired) electrons. The Morgan fingerprint density at radius 2 is 2.11 bits per heavy atom. The van der Waals surface area contributed by atoms with Gasteiger partial charge in [0, 0.05) is 23.9 Å². The minimum Gasteiger partial charge on any atom is -0.497 e. The van der Waals surface area contributed by atoms with Crippen molar-refractivity contribution in [3.63, 3.8) is 0 Å². The lowest BCUT2D eigenvalue weighted by atomic mass is 10.2. The van der Waals surface area contributed by atoms with Crippen LogP contribution in [0.4, 0.5) is 5.69 Å². The SMILES string of the molecule is COc1ccc(OC)c(NCCc2scnc2C)c1. The minimum absolute atomic E-state index is 0.817. The predicted octanol–water partition coefficient (Wildman–Crippen LogP) is 3.12. The zero-order valence-corrected chi connectivity index (χ0v) is 12.2. The summed E-state index contributed by atoms with van der Waals surface area (Å²) >= 11 is 1.70. The summed E-state index contributed by atoms with van der Waals surface area (Å²) in [4.78, 5) is 5.56. The second-order valence-electron chi connectivity index (χ2n) is 4.10. The lowest BCUT2D eigenvalue weighted by Gasteiger charge is -2.12. The fraction of sp³-hybridized carbons (Fsp3) is 0.357. The van der Waals surface area contributed by atoms with Gasteiger partial charge in [0.2, 0.25) is 0 Å². The maximum atomic E-state index is 5.33. The maximum absolute atomic E-state index is 5.33. The number of benzene rings is 1. The number of aryl methyl sites for hydroxylation is 1. The molecule has 19 heavy (non-hydrogen) atoms. The molecule has 1 aromatic heterocycles. The highest BCUT2D eigenvalue weighted by molar-refractivity contribution is 7.09. The van der Waals surface area contributed by atoms with Gasteiger partial charge in [-0.05, 0) is 19.1 Å². The molecule has 0 atom stereocenters. The van der Waals surface area contributed by atoms with E-state index in [1.165, 1.54) is 4.88 Å². The van der Waals surface area contributed by atoms with E-state index in [2.05, 4.69) is 10.3 Å². The molecule has 1 heterocycles. The van der Waals surface area contributed by atoms with Crippen LogP contribution in [0.2, 0.25) is 0 Å². The Bertz CT molecular complexity index is 540. The monoisotopic (exact) mass is 278 g/mol. The van der Waals surface area contributed by atoms with Gasteiger partial charge in [-0.3, -0.25) is 0 Å². The van der Waals surface area contributed by atoms with Gasteiger partial charge in [0.15, 0.2) is 0 Å². The van der Waals surface area contributed by atoms with E-state index in [4.69, 9.17) is 9.47 Å². The van der Waals surface area contributed by atoms with Crippen molar-refractivity contribution in [2.45, 2.75) is 13.3 Å². The minimum atomic E-state index is 0.817. The number of nitrogens with zero attached hydrogens (tertiary/aromatic N) is 1. The Morgan fingerprint density at radius 1 is 1.26 bits per heavy atom. The highest BCUT2D eigenvalue weighted by Gasteiger charge is 2.05. The molecule has 2 aromatic rings. The summed E-state index contributed by atoms with van der Waals surface area (Å²) in [6, 6.07) is 5.73. The molecule has 0 fully saturated rings. The molecule has 0 aliphatic rings. The Balaban J connectivity index is 2.00. The van der Waals surface area contributed by atoms with E-state index >= 15 is 0 Å². The standard InChI is InChI=1S/C14H18N2O2S/c1-10-14(19-9-16-10)6-7-15-12-8-11(17-2)4-5-13(12)18-3/h4-5,8-9,15H,6-7H2,1-3H3. The van der Waals surface area contributed by atoms with Crippen molar-refractivity contribution in [1.82, 2.24) is 4.98 Å². The number of nitrogens with one attached hydrogen (secondary N) is 1. The Labute approximate surface area is 117 Å². The van der Waals surface area contributed by atoms with Gasteiger partial charge in [0.25, 0.3) is 0 Å².